The lowest BCUT2D eigenvalue weighted by molar-refractivity contribution is 0.0951. The molecule has 0 aliphatic carbocycles. The maximum absolute atomic E-state index is 12.9. The highest BCUT2D eigenvalue weighted by molar-refractivity contribution is 6.00. The van der Waals surface area contributed by atoms with Gasteiger partial charge in [-0.3, -0.25) is 4.79 Å². The highest BCUT2D eigenvalue weighted by Gasteiger charge is 2.17. The Morgan fingerprint density at radius 3 is 2.45 bits per heavy atom. The van der Waals surface area contributed by atoms with Crippen molar-refractivity contribution in [1.82, 2.24) is 15.3 Å². The first-order valence-electron chi connectivity index (χ1n) is 10.0. The molecule has 0 fully saturated rings. The van der Waals surface area contributed by atoms with Crippen molar-refractivity contribution in [3.63, 3.8) is 0 Å². The first kappa shape index (κ1) is 20.3. The Hall–Kier alpha value is -3.93. The van der Waals surface area contributed by atoms with Crippen molar-refractivity contribution >= 4 is 11.7 Å². The zero-order chi connectivity index (χ0) is 21.8. The monoisotopic (exact) mass is 412 g/mol. The summed E-state index contributed by atoms with van der Waals surface area (Å²) in [6, 6.07) is 19.2. The summed E-state index contributed by atoms with van der Waals surface area (Å²) >= 11 is 0. The summed E-state index contributed by atoms with van der Waals surface area (Å²) in [6.07, 6.45) is 3.45. The number of nitrogens with zero attached hydrogens (tertiary/aromatic N) is 3. The van der Waals surface area contributed by atoms with E-state index in [1.165, 1.54) is 5.56 Å². The standard InChI is InChI=1S/C25H24N4O2/c1-17-8-11-19(12-9-17)22-16-28-25(31-22)21-7-5-4-6-20(21)24(30)27-15-18-10-13-23(26-14-18)29(2)3/h4-14,16H,15H2,1-3H3,(H,27,30). The van der Waals surface area contributed by atoms with Crippen LogP contribution in [0.1, 0.15) is 21.5 Å². The van der Waals surface area contributed by atoms with E-state index in [-0.39, 0.29) is 5.91 Å². The van der Waals surface area contributed by atoms with E-state index < -0.39 is 0 Å². The fourth-order valence-corrected chi connectivity index (χ4v) is 3.18. The smallest absolute Gasteiger partial charge is 0.252 e. The SMILES string of the molecule is Cc1ccc(-c2cnc(-c3ccccc3C(=O)NCc3ccc(N(C)C)nc3)o2)cc1. The third-order valence-corrected chi connectivity index (χ3v) is 4.96. The van der Waals surface area contributed by atoms with Gasteiger partial charge in [0.1, 0.15) is 5.82 Å². The predicted molar refractivity (Wildman–Crippen MR) is 122 cm³/mol. The number of benzene rings is 2. The minimum atomic E-state index is -0.192. The molecule has 0 unspecified atom stereocenters. The average molecular weight is 412 g/mol. The molecule has 2 heterocycles. The molecule has 6 heteroatoms. The molecule has 31 heavy (non-hydrogen) atoms. The first-order valence-corrected chi connectivity index (χ1v) is 10.0. The third kappa shape index (κ3) is 4.64. The van der Waals surface area contributed by atoms with Crippen molar-refractivity contribution in [3.05, 3.63) is 89.7 Å². The molecule has 1 amide bonds. The van der Waals surface area contributed by atoms with Gasteiger partial charge in [-0.25, -0.2) is 9.97 Å². The maximum atomic E-state index is 12.9. The molecule has 0 bridgehead atoms. The number of pyridine rings is 1. The van der Waals surface area contributed by atoms with Crippen molar-refractivity contribution in [1.29, 1.82) is 0 Å². The number of oxazole rings is 1. The van der Waals surface area contributed by atoms with Gasteiger partial charge in [0, 0.05) is 38.0 Å². The number of nitrogens with one attached hydrogen (secondary N) is 1. The molecule has 0 aliphatic heterocycles. The number of rotatable bonds is 6. The Morgan fingerprint density at radius 2 is 1.74 bits per heavy atom. The van der Waals surface area contributed by atoms with E-state index in [1.807, 2.05) is 80.5 Å². The van der Waals surface area contributed by atoms with Gasteiger partial charge in [-0.05, 0) is 30.7 Å². The van der Waals surface area contributed by atoms with Crippen LogP contribution in [-0.4, -0.2) is 30.0 Å². The van der Waals surface area contributed by atoms with Crippen LogP contribution < -0.4 is 10.2 Å². The number of carbonyl (C=O) groups excluding carboxylic acids is 1. The lowest BCUT2D eigenvalue weighted by Crippen LogP contribution is -2.23. The average Bonchev–Trinajstić information content (AvgIpc) is 3.28. The number of hydrogen-bond acceptors (Lipinski definition) is 5. The van der Waals surface area contributed by atoms with Crippen molar-refractivity contribution < 1.29 is 9.21 Å². The van der Waals surface area contributed by atoms with Gasteiger partial charge in [-0.2, -0.15) is 0 Å². The first-order chi connectivity index (χ1) is 15.0. The minimum absolute atomic E-state index is 0.192. The van der Waals surface area contributed by atoms with Crippen LogP contribution in [0.2, 0.25) is 0 Å². The van der Waals surface area contributed by atoms with Crippen molar-refractivity contribution in [3.8, 4) is 22.8 Å². The Bertz CT molecular complexity index is 1180. The maximum Gasteiger partial charge on any atom is 0.252 e. The van der Waals surface area contributed by atoms with Crippen molar-refractivity contribution in [2.75, 3.05) is 19.0 Å². The van der Waals surface area contributed by atoms with E-state index in [0.29, 0.717) is 29.3 Å². The van der Waals surface area contributed by atoms with E-state index in [4.69, 9.17) is 4.42 Å². The molecule has 0 saturated heterocycles. The Labute approximate surface area is 181 Å². The zero-order valence-corrected chi connectivity index (χ0v) is 17.8. The van der Waals surface area contributed by atoms with E-state index in [0.717, 1.165) is 16.9 Å². The van der Waals surface area contributed by atoms with Gasteiger partial charge < -0.3 is 14.6 Å². The van der Waals surface area contributed by atoms with Crippen molar-refractivity contribution in [2.24, 2.45) is 0 Å². The molecule has 6 nitrogen and oxygen atoms in total. The molecule has 156 valence electrons. The second kappa shape index (κ2) is 8.83. The largest absolute Gasteiger partial charge is 0.436 e. The molecule has 0 radical (unpaired) electrons. The second-order valence-electron chi connectivity index (χ2n) is 7.54. The molecule has 2 aromatic heterocycles. The lowest BCUT2D eigenvalue weighted by atomic mass is 10.1. The fourth-order valence-electron chi connectivity index (χ4n) is 3.18. The number of anilines is 1. The summed E-state index contributed by atoms with van der Waals surface area (Å²) in [5.41, 5.74) is 4.21. The van der Waals surface area contributed by atoms with E-state index >= 15 is 0 Å². The van der Waals surface area contributed by atoms with Crippen LogP contribution in [0.15, 0.2) is 77.5 Å². The van der Waals surface area contributed by atoms with Gasteiger partial charge in [0.2, 0.25) is 5.89 Å². The molecular weight excluding hydrogens is 388 g/mol. The van der Waals surface area contributed by atoms with Gasteiger partial charge in [0.25, 0.3) is 5.91 Å². The zero-order valence-electron chi connectivity index (χ0n) is 17.8. The van der Waals surface area contributed by atoms with Crippen LogP contribution in [0.3, 0.4) is 0 Å². The van der Waals surface area contributed by atoms with E-state index in [9.17, 15) is 4.79 Å². The highest BCUT2D eigenvalue weighted by Crippen LogP contribution is 2.28. The Morgan fingerprint density at radius 1 is 0.968 bits per heavy atom. The van der Waals surface area contributed by atoms with Gasteiger partial charge in [0.05, 0.1) is 11.8 Å². The Kier molecular flexibility index (Phi) is 5.80. The second-order valence-corrected chi connectivity index (χ2v) is 7.54. The van der Waals surface area contributed by atoms with Crippen LogP contribution in [0.5, 0.6) is 0 Å². The van der Waals surface area contributed by atoms with Gasteiger partial charge in [0.15, 0.2) is 5.76 Å². The fraction of sp³-hybridized carbons (Fsp3) is 0.160. The third-order valence-electron chi connectivity index (χ3n) is 4.96. The summed E-state index contributed by atoms with van der Waals surface area (Å²) < 4.78 is 5.98. The number of aryl methyl sites for hydroxylation is 1. The minimum Gasteiger partial charge on any atom is -0.436 e. The Balaban J connectivity index is 1.52. The molecule has 1 N–H and O–H groups in total. The number of aromatic nitrogens is 2. The summed E-state index contributed by atoms with van der Waals surface area (Å²) in [7, 11) is 3.88. The van der Waals surface area contributed by atoms with E-state index in [1.54, 1.807) is 18.5 Å². The normalized spacial score (nSPS) is 10.7. The van der Waals surface area contributed by atoms with Gasteiger partial charge in [-0.15, -0.1) is 0 Å². The van der Waals surface area contributed by atoms with Gasteiger partial charge >= 0.3 is 0 Å². The summed E-state index contributed by atoms with van der Waals surface area (Å²) in [5, 5.41) is 2.96. The quantitative estimate of drug-likeness (QED) is 0.497. The molecule has 4 aromatic rings. The van der Waals surface area contributed by atoms with Gasteiger partial charge in [-0.1, -0.05) is 48.0 Å². The van der Waals surface area contributed by atoms with Crippen LogP contribution >= 0.6 is 0 Å². The molecule has 0 spiro atoms. The number of carbonyl (C=O) groups is 1. The molecule has 0 atom stereocenters. The number of hydrogen-bond donors (Lipinski definition) is 1. The topological polar surface area (TPSA) is 71.3 Å². The summed E-state index contributed by atoms with van der Waals surface area (Å²) in [4.78, 5) is 23.6. The molecular formula is C25H24N4O2. The summed E-state index contributed by atoms with van der Waals surface area (Å²) in [6.45, 7) is 2.42. The van der Waals surface area contributed by atoms with Crippen LogP contribution in [0, 0.1) is 6.92 Å². The van der Waals surface area contributed by atoms with Crippen LogP contribution in [0.4, 0.5) is 5.82 Å². The highest BCUT2D eigenvalue weighted by atomic mass is 16.4. The van der Waals surface area contributed by atoms with Crippen LogP contribution in [-0.2, 0) is 6.54 Å². The van der Waals surface area contributed by atoms with Crippen molar-refractivity contribution in [2.45, 2.75) is 13.5 Å². The lowest BCUT2D eigenvalue weighted by Gasteiger charge is -2.12. The molecule has 0 saturated carbocycles. The summed E-state index contributed by atoms with van der Waals surface area (Å²) in [5.74, 6) is 1.76. The van der Waals surface area contributed by atoms with Crippen LogP contribution in [0.25, 0.3) is 22.8 Å². The predicted octanol–water partition coefficient (Wildman–Crippen LogP) is 4.71. The molecule has 2 aromatic carbocycles. The number of amides is 1. The molecule has 0 aliphatic rings. The molecule has 4 rings (SSSR count). The van der Waals surface area contributed by atoms with E-state index in [2.05, 4.69) is 15.3 Å².